The molecule has 23 nitrogen and oxygen atoms in total. The van der Waals surface area contributed by atoms with Gasteiger partial charge in [-0.1, -0.05) is 85.9 Å². The van der Waals surface area contributed by atoms with Crippen molar-refractivity contribution in [2.24, 2.45) is 22.2 Å². The average Bonchev–Trinajstić information content (AvgIpc) is 1.57. The molecule has 7 aliphatic heterocycles. The summed E-state index contributed by atoms with van der Waals surface area (Å²) in [4.78, 5) is 100. The van der Waals surface area contributed by atoms with Crippen LogP contribution in [0.4, 0.5) is 71.8 Å². The van der Waals surface area contributed by atoms with Crippen molar-refractivity contribution in [3.8, 4) is 29.1 Å². The summed E-state index contributed by atoms with van der Waals surface area (Å²) in [7, 11) is -4.68. The lowest BCUT2D eigenvalue weighted by Crippen LogP contribution is -2.47. The molecule has 3 amide bonds. The lowest BCUT2D eigenvalue weighted by molar-refractivity contribution is -0.132. The number of nitrogens with zero attached hydrogens (tertiary/aromatic N) is 7. The molecule has 8 aromatic rings. The highest BCUT2D eigenvalue weighted by atomic mass is 32.2. The Morgan fingerprint density at radius 2 is 0.849 bits per heavy atom. The number of hydrogen-bond acceptors (Lipinski definition) is 19. The molecule has 8 aliphatic rings. The molecule has 8 aromatic carbocycles. The van der Waals surface area contributed by atoms with Crippen LogP contribution in [-0.4, -0.2) is 149 Å². The number of amides is 3. The fraction of sp³-hybridized carbons (Fsp3) is 0.444. The summed E-state index contributed by atoms with van der Waals surface area (Å²) in [5.41, 5.74) is 7.94. The number of Topliss-reactive ketones (excluding diaryl/α,β-unsaturated/α-hetero) is 4. The maximum Gasteiger partial charge on any atom is 0.387 e. The van der Waals surface area contributed by atoms with Crippen LogP contribution < -0.4 is 38.5 Å². The minimum absolute atomic E-state index is 0.0273. The van der Waals surface area contributed by atoms with Gasteiger partial charge in [-0.3, -0.25) is 43.4 Å². The van der Waals surface area contributed by atoms with E-state index in [1.807, 2.05) is 92.9 Å². The zero-order valence-electron chi connectivity index (χ0n) is 81.9. The zero-order valence-corrected chi connectivity index (χ0v) is 83.5. The van der Waals surface area contributed by atoms with Crippen LogP contribution in [-0.2, 0) is 60.6 Å². The quantitative estimate of drug-likeness (QED) is 0.0360. The maximum absolute atomic E-state index is 13.4. The first-order valence-electron chi connectivity index (χ1n) is 46.6. The van der Waals surface area contributed by atoms with E-state index in [9.17, 15) is 82.0 Å². The standard InChI is InChI=1S/C29H35FN2O3.C28H34FNO4.C26H30F2N2O5S.C25H24F2N2O4S/c1-19-28(4,5)25-15-22(27(34)17-29(6)13-8-14-31(18-29)21(3)33)11-12-26(25)32(19)23-9-7-10-24(16-23)35-20(2)30;1-18(29)34-22-8-6-7-21(17-22)30-24-10-9-20(16-23(24)27(2,3)26(30)32)25(31)15-19-11-13-28(4,33-5)14-12-19;1-25(2)20-13-17(22(31)15-26(3)11-6-12-29(16-26)36(4,33)34)9-10-21(20)30(23(25)32)18-7-5-8-19(14-18)35-24(27)28;1-15-24(2,3)20-9-16(21(30)11-25(4)13-34(31,32)14-25)8-17(12-28)22(20)29(15)18-6-5-7-19(10-18)33-23(26)27/h7,9-12,15-16,20H,1,8,13-14,17-18H2,2-6H3;6-10,16-19H,11-15H2,1-5H3;5,7-10,13-14,24H,6,11-12,15-16H2,1-4H3;5-10,23H,1,11,13-14H2,2-4H3/t20?,29-;;;/m0.../s1. The van der Waals surface area contributed by atoms with Crippen molar-refractivity contribution in [2.75, 3.05) is 70.6 Å². The molecule has 0 aromatic heterocycles. The van der Waals surface area contributed by atoms with E-state index in [1.165, 1.54) is 65.7 Å². The SMILES string of the molecule is C=C1N(c2cccc(OC(C)F)c2)c2ccc(C(=O)C[C@]3(C)CCCN(C(C)=O)C3)cc2C1(C)C.C=C1N(c2cccc(OC(F)F)c2)c2c(C#N)cc(C(=O)CC3(C)CS(=O)(=O)C3)cc2C1(C)C.CC1(CC(=O)c2ccc3c(c2)C(C)(C)C(=O)N3c2cccc(OC(F)F)c2)CCCN(S(C)(=O)=O)C1.COC1(C)CCC(CC(=O)c2ccc3c(c2)C(C)(C)C(=O)N3c2cccc(OC(C)F)c2)CC1. The number of piperidine rings is 2. The molecule has 3 unspecified atom stereocenters. The molecule has 740 valence electrons. The molecule has 4 fully saturated rings. The number of ether oxygens (including phenoxy) is 5. The van der Waals surface area contributed by atoms with Crippen LogP contribution in [0.3, 0.4) is 0 Å². The topological polar surface area (TPSA) is 277 Å². The Morgan fingerprint density at radius 1 is 0.475 bits per heavy atom. The van der Waals surface area contributed by atoms with Crippen LogP contribution in [0.5, 0.6) is 23.0 Å². The van der Waals surface area contributed by atoms with Gasteiger partial charge in [-0.05, 0) is 240 Å². The van der Waals surface area contributed by atoms with Crippen LogP contribution in [0, 0.1) is 33.5 Å². The number of ketones is 4. The van der Waals surface area contributed by atoms with E-state index in [0.29, 0.717) is 117 Å². The lowest BCUT2D eigenvalue weighted by atomic mass is 9.76. The largest absolute Gasteiger partial charge is 0.461 e. The number of sulfonamides is 1. The smallest absolute Gasteiger partial charge is 0.387 e. The third kappa shape index (κ3) is 22.6. The van der Waals surface area contributed by atoms with E-state index >= 15 is 0 Å². The molecule has 31 heteroatoms. The average molecular weight is 1950 g/mol. The van der Waals surface area contributed by atoms with Crippen molar-refractivity contribution in [3.05, 3.63) is 238 Å². The van der Waals surface area contributed by atoms with Crippen LogP contribution in [0.15, 0.2) is 188 Å². The Morgan fingerprint density at radius 3 is 1.27 bits per heavy atom. The summed E-state index contributed by atoms with van der Waals surface area (Å²) in [6.07, 6.45) is 6.65. The Kier molecular flexibility index (Phi) is 30.0. The summed E-state index contributed by atoms with van der Waals surface area (Å²) in [5.74, 6) is 0.584. The van der Waals surface area contributed by atoms with Crippen LogP contribution in [0.2, 0.25) is 0 Å². The first-order chi connectivity index (χ1) is 64.9. The zero-order chi connectivity index (χ0) is 102. The van der Waals surface area contributed by atoms with E-state index in [-0.39, 0.29) is 99.8 Å². The van der Waals surface area contributed by atoms with Crippen molar-refractivity contribution in [1.82, 2.24) is 9.21 Å². The second kappa shape index (κ2) is 40.0. The molecule has 0 bridgehead atoms. The highest BCUT2D eigenvalue weighted by Crippen LogP contribution is 2.56. The third-order valence-corrected chi connectivity index (χ3v) is 31.9. The fourth-order valence-electron chi connectivity index (χ4n) is 20.5. The number of halogens is 6. The van der Waals surface area contributed by atoms with Gasteiger partial charge in [0.05, 0.1) is 68.2 Å². The van der Waals surface area contributed by atoms with Crippen molar-refractivity contribution < 1.29 is 100 Å². The number of allylic oxidation sites excluding steroid dienone is 2. The number of benzene rings is 8. The van der Waals surface area contributed by atoms with E-state index in [1.54, 1.807) is 123 Å². The highest BCUT2D eigenvalue weighted by molar-refractivity contribution is 7.92. The molecule has 1 saturated carbocycles. The van der Waals surface area contributed by atoms with Crippen molar-refractivity contribution in [1.29, 1.82) is 5.26 Å². The molecule has 3 saturated heterocycles. The van der Waals surface area contributed by atoms with Gasteiger partial charge in [0.2, 0.25) is 40.5 Å². The summed E-state index contributed by atoms with van der Waals surface area (Å²) < 4.78 is 151. The molecule has 4 atom stereocenters. The maximum atomic E-state index is 13.4. The van der Waals surface area contributed by atoms with E-state index in [0.717, 1.165) is 85.4 Å². The van der Waals surface area contributed by atoms with E-state index < -0.39 is 78.3 Å². The van der Waals surface area contributed by atoms with Gasteiger partial charge in [0.1, 0.15) is 29.1 Å². The summed E-state index contributed by atoms with van der Waals surface area (Å²) in [6, 6.07) is 48.1. The van der Waals surface area contributed by atoms with Crippen LogP contribution >= 0.6 is 0 Å². The van der Waals surface area contributed by atoms with Crippen molar-refractivity contribution in [3.63, 3.8) is 0 Å². The summed E-state index contributed by atoms with van der Waals surface area (Å²) in [5, 5.41) is 9.94. The number of hydrogen-bond donors (Lipinski definition) is 0. The Hall–Kier alpha value is -12.0. The molecule has 0 spiro atoms. The van der Waals surface area contributed by atoms with Crippen molar-refractivity contribution in [2.45, 2.75) is 234 Å². The minimum atomic E-state index is -3.34. The molecule has 0 radical (unpaired) electrons. The lowest BCUT2D eigenvalue weighted by Gasteiger charge is -2.40. The third-order valence-electron chi connectivity index (χ3n) is 28.4. The number of alkyl halides is 6. The molecule has 139 heavy (non-hydrogen) atoms. The molecule has 16 rings (SSSR count). The Balaban J connectivity index is 0.000000156. The summed E-state index contributed by atoms with van der Waals surface area (Å²) >= 11 is 0. The molecular weight excluding hydrogens is 1830 g/mol. The monoisotopic (exact) mass is 1950 g/mol. The number of rotatable bonds is 26. The van der Waals surface area contributed by atoms with Gasteiger partial charge in [-0.15, -0.1) is 0 Å². The van der Waals surface area contributed by atoms with Gasteiger partial charge < -0.3 is 38.4 Å². The number of sulfone groups is 1. The highest BCUT2D eigenvalue weighted by Gasteiger charge is 2.51. The van der Waals surface area contributed by atoms with Gasteiger partial charge in [0, 0.05) is 171 Å². The first-order valence-corrected chi connectivity index (χ1v) is 50.3. The first kappa shape index (κ1) is 104. The molecular formula is C108H123F6N7O16S2. The number of likely N-dealkylation sites (tertiary alicyclic amines) is 1. The number of anilines is 8. The molecule has 1 aliphatic carbocycles. The van der Waals surface area contributed by atoms with Crippen LogP contribution in [0.25, 0.3) is 0 Å². The predicted molar refractivity (Wildman–Crippen MR) is 524 cm³/mol. The van der Waals surface area contributed by atoms with Crippen LogP contribution in [0.1, 0.15) is 250 Å². The number of nitriles is 1. The van der Waals surface area contributed by atoms with E-state index in [4.69, 9.17) is 14.2 Å². The second-order valence-electron chi connectivity index (χ2n) is 41.4. The fourth-order valence-corrected chi connectivity index (χ4v) is 23.8. The minimum Gasteiger partial charge on any atom is -0.461 e. The predicted octanol–water partition coefficient (Wildman–Crippen LogP) is 23.0. The Labute approximate surface area is 810 Å². The van der Waals surface area contributed by atoms with Gasteiger partial charge in [0.15, 0.2) is 33.0 Å². The normalized spacial score (nSPS) is 22.0. The van der Waals surface area contributed by atoms with Gasteiger partial charge in [-0.2, -0.15) is 22.8 Å². The number of fused-ring (bicyclic) bond motifs is 4. The number of methoxy groups -OCH3 is 1. The molecule has 7 heterocycles. The van der Waals surface area contributed by atoms with Gasteiger partial charge in [-0.25, -0.2) is 29.9 Å². The number of carbonyl (C=O) groups is 7. The van der Waals surface area contributed by atoms with Gasteiger partial charge >= 0.3 is 13.2 Å². The number of carbonyl (C=O) groups excluding carboxylic acids is 7. The van der Waals surface area contributed by atoms with Crippen molar-refractivity contribution >= 4 is 106 Å². The summed E-state index contributed by atoms with van der Waals surface area (Å²) in [6.45, 7) is 32.2. The van der Waals surface area contributed by atoms with E-state index in [2.05, 4.69) is 56.4 Å². The second-order valence-corrected chi connectivity index (χ2v) is 45.4. The Bertz CT molecular complexity index is 6450. The molecule has 0 N–H and O–H groups in total. The van der Waals surface area contributed by atoms with Gasteiger partial charge in [0.25, 0.3) is 0 Å².